The number of nitrogens with zero attached hydrogens (tertiary/aromatic N) is 5. The average molecular weight is 431 g/mol. The maximum absolute atomic E-state index is 12.3. The van der Waals surface area contributed by atoms with Crippen molar-refractivity contribution in [3.8, 4) is 0 Å². The number of thioether (sulfide) groups is 1. The number of aromatic nitrogens is 4. The van der Waals surface area contributed by atoms with Crippen LogP contribution in [0.15, 0.2) is 35.6 Å². The number of amides is 1. The van der Waals surface area contributed by atoms with Gasteiger partial charge in [-0.05, 0) is 43.7 Å². The summed E-state index contributed by atoms with van der Waals surface area (Å²) in [6.07, 6.45) is 7.45. The molecular formula is C20H23ClN6OS. The van der Waals surface area contributed by atoms with Gasteiger partial charge in [-0.2, -0.15) is 5.10 Å². The third-order valence-electron chi connectivity index (χ3n) is 4.99. The van der Waals surface area contributed by atoms with E-state index in [0.29, 0.717) is 23.7 Å². The molecule has 0 radical (unpaired) electrons. The molecule has 0 aliphatic carbocycles. The molecule has 1 N–H and O–H groups in total. The van der Waals surface area contributed by atoms with Crippen molar-refractivity contribution in [3.63, 3.8) is 0 Å². The second-order valence-corrected chi connectivity index (χ2v) is 8.16. The minimum atomic E-state index is -0.155. The Morgan fingerprint density at radius 1 is 1.24 bits per heavy atom. The molecule has 0 atom stereocenters. The van der Waals surface area contributed by atoms with Crippen LogP contribution in [0.3, 0.4) is 0 Å². The Morgan fingerprint density at radius 3 is 2.83 bits per heavy atom. The van der Waals surface area contributed by atoms with Crippen LogP contribution in [0.25, 0.3) is 11.0 Å². The molecule has 0 saturated carbocycles. The molecule has 0 unspecified atom stereocenters. The van der Waals surface area contributed by atoms with Gasteiger partial charge in [0.2, 0.25) is 0 Å². The van der Waals surface area contributed by atoms with E-state index in [1.807, 2.05) is 17.1 Å². The largest absolute Gasteiger partial charge is 0.356 e. The lowest BCUT2D eigenvalue weighted by Crippen LogP contribution is -2.30. The molecule has 3 aromatic rings. The Labute approximate surface area is 178 Å². The van der Waals surface area contributed by atoms with E-state index in [0.717, 1.165) is 35.1 Å². The first-order chi connectivity index (χ1) is 14.2. The molecule has 29 heavy (non-hydrogen) atoms. The molecule has 1 aliphatic rings. The molecule has 2 aromatic heterocycles. The van der Waals surface area contributed by atoms with Crippen LogP contribution in [-0.4, -0.2) is 51.5 Å². The Kier molecular flexibility index (Phi) is 6.20. The van der Waals surface area contributed by atoms with Crippen LogP contribution >= 0.6 is 23.4 Å². The van der Waals surface area contributed by atoms with Crippen LogP contribution in [0.2, 0.25) is 5.02 Å². The number of carbonyl (C=O) groups is 1. The number of hydrogen-bond donors (Lipinski definition) is 1. The van der Waals surface area contributed by atoms with Gasteiger partial charge < -0.3 is 10.2 Å². The van der Waals surface area contributed by atoms with Gasteiger partial charge in [0.15, 0.2) is 10.8 Å². The van der Waals surface area contributed by atoms with Gasteiger partial charge in [0.25, 0.3) is 5.91 Å². The van der Waals surface area contributed by atoms with E-state index in [-0.39, 0.29) is 5.91 Å². The van der Waals surface area contributed by atoms with E-state index in [4.69, 9.17) is 16.6 Å². The summed E-state index contributed by atoms with van der Waals surface area (Å²) in [5.41, 5.74) is 1.35. The van der Waals surface area contributed by atoms with E-state index in [1.54, 1.807) is 24.3 Å². The van der Waals surface area contributed by atoms with Crippen molar-refractivity contribution in [2.45, 2.75) is 31.0 Å². The number of nitrogens with one attached hydrogen (secondary N) is 1. The van der Waals surface area contributed by atoms with Gasteiger partial charge in [0, 0.05) is 30.2 Å². The number of fused-ring (bicyclic) bond motifs is 1. The van der Waals surface area contributed by atoms with Crippen molar-refractivity contribution in [1.82, 2.24) is 25.1 Å². The lowest BCUT2D eigenvalue weighted by molar-refractivity contribution is 0.0952. The molecule has 4 rings (SSSR count). The minimum Gasteiger partial charge on any atom is -0.356 e. The van der Waals surface area contributed by atoms with Crippen molar-refractivity contribution in [3.05, 3.63) is 41.0 Å². The quantitative estimate of drug-likeness (QED) is 0.475. The molecular weight excluding hydrogens is 408 g/mol. The van der Waals surface area contributed by atoms with Crippen molar-refractivity contribution < 1.29 is 4.79 Å². The Bertz CT molecular complexity index is 1020. The van der Waals surface area contributed by atoms with E-state index in [1.165, 1.54) is 31.0 Å². The van der Waals surface area contributed by atoms with E-state index < -0.39 is 0 Å². The minimum absolute atomic E-state index is 0.155. The number of halogens is 1. The topological polar surface area (TPSA) is 75.9 Å². The summed E-state index contributed by atoms with van der Waals surface area (Å²) in [6.45, 7) is 3.00. The summed E-state index contributed by atoms with van der Waals surface area (Å²) in [6, 6.07) is 6.91. The van der Waals surface area contributed by atoms with Gasteiger partial charge in [-0.15, -0.1) is 0 Å². The number of anilines is 1. The zero-order valence-corrected chi connectivity index (χ0v) is 17.8. The summed E-state index contributed by atoms with van der Waals surface area (Å²) >= 11 is 7.49. The highest BCUT2D eigenvalue weighted by molar-refractivity contribution is 7.98. The molecule has 1 aliphatic heterocycles. The van der Waals surface area contributed by atoms with Crippen LogP contribution in [0.5, 0.6) is 0 Å². The Hall–Kier alpha value is -2.32. The molecule has 152 valence electrons. The molecule has 3 heterocycles. The lowest BCUT2D eigenvalue weighted by Gasteiger charge is -2.28. The third kappa shape index (κ3) is 4.48. The van der Waals surface area contributed by atoms with Gasteiger partial charge in [-0.25, -0.2) is 14.6 Å². The van der Waals surface area contributed by atoms with Crippen molar-refractivity contribution in [1.29, 1.82) is 0 Å². The summed E-state index contributed by atoms with van der Waals surface area (Å²) in [7, 11) is 0. The van der Waals surface area contributed by atoms with E-state index in [2.05, 4.69) is 20.3 Å². The highest BCUT2D eigenvalue weighted by atomic mass is 35.5. The molecule has 9 heteroatoms. The first-order valence-corrected chi connectivity index (χ1v) is 11.3. The number of benzene rings is 1. The van der Waals surface area contributed by atoms with Crippen molar-refractivity contribution in [2.24, 2.45) is 0 Å². The standard InChI is InChI=1S/C20H23ClN6OS/c1-29-20-24-17(26-9-3-2-4-10-26)16-13-23-27(18(16)25-20)11-8-22-19(28)14-6-5-7-15(21)12-14/h5-7,12-13H,2-4,8-11H2,1H3,(H,22,28). The van der Waals surface area contributed by atoms with Crippen LogP contribution in [-0.2, 0) is 6.54 Å². The fourth-order valence-corrected chi connectivity index (χ4v) is 4.08. The normalized spacial score (nSPS) is 14.3. The van der Waals surface area contributed by atoms with Crippen LogP contribution in [0, 0.1) is 0 Å². The maximum Gasteiger partial charge on any atom is 0.251 e. The molecule has 7 nitrogen and oxygen atoms in total. The summed E-state index contributed by atoms with van der Waals surface area (Å²) in [5, 5.41) is 9.68. The third-order valence-corrected chi connectivity index (χ3v) is 5.77. The predicted molar refractivity (Wildman–Crippen MR) is 117 cm³/mol. The monoisotopic (exact) mass is 430 g/mol. The highest BCUT2D eigenvalue weighted by Gasteiger charge is 2.19. The smallest absolute Gasteiger partial charge is 0.251 e. The maximum atomic E-state index is 12.3. The second kappa shape index (κ2) is 9.00. The van der Waals surface area contributed by atoms with Crippen LogP contribution in [0.1, 0.15) is 29.6 Å². The first kappa shape index (κ1) is 20.0. The fraction of sp³-hybridized carbons (Fsp3) is 0.400. The molecule has 1 fully saturated rings. The van der Waals surface area contributed by atoms with Gasteiger partial charge in [-0.3, -0.25) is 4.79 Å². The second-order valence-electron chi connectivity index (χ2n) is 6.95. The van der Waals surface area contributed by atoms with Gasteiger partial charge in [0.1, 0.15) is 5.82 Å². The lowest BCUT2D eigenvalue weighted by atomic mass is 10.1. The zero-order chi connectivity index (χ0) is 20.2. The number of rotatable bonds is 6. The van der Waals surface area contributed by atoms with Crippen molar-refractivity contribution in [2.75, 3.05) is 30.8 Å². The number of piperidine rings is 1. The molecule has 0 spiro atoms. The molecule has 1 aromatic carbocycles. The Balaban J connectivity index is 1.51. The van der Waals surface area contributed by atoms with Gasteiger partial charge in [0.05, 0.1) is 18.1 Å². The number of hydrogen-bond acceptors (Lipinski definition) is 6. The number of carbonyl (C=O) groups excluding carboxylic acids is 1. The van der Waals surface area contributed by atoms with Gasteiger partial charge in [-0.1, -0.05) is 29.4 Å². The highest BCUT2D eigenvalue weighted by Crippen LogP contribution is 2.28. The Morgan fingerprint density at radius 2 is 2.07 bits per heavy atom. The van der Waals surface area contributed by atoms with Crippen molar-refractivity contribution >= 4 is 46.1 Å². The average Bonchev–Trinajstić information content (AvgIpc) is 3.16. The van der Waals surface area contributed by atoms with Crippen LogP contribution in [0.4, 0.5) is 5.82 Å². The van der Waals surface area contributed by atoms with E-state index in [9.17, 15) is 4.79 Å². The van der Waals surface area contributed by atoms with Crippen LogP contribution < -0.4 is 10.2 Å². The SMILES string of the molecule is CSc1nc(N2CCCCC2)c2cnn(CCNC(=O)c3cccc(Cl)c3)c2n1. The first-order valence-electron chi connectivity index (χ1n) is 9.72. The van der Waals surface area contributed by atoms with Gasteiger partial charge >= 0.3 is 0 Å². The predicted octanol–water partition coefficient (Wildman–Crippen LogP) is 3.62. The molecule has 1 amide bonds. The van der Waals surface area contributed by atoms with E-state index >= 15 is 0 Å². The fourth-order valence-electron chi connectivity index (χ4n) is 3.53. The molecule has 0 bridgehead atoms. The zero-order valence-electron chi connectivity index (χ0n) is 16.3. The summed E-state index contributed by atoms with van der Waals surface area (Å²) in [4.78, 5) is 24.1. The molecule has 1 saturated heterocycles. The summed E-state index contributed by atoms with van der Waals surface area (Å²) < 4.78 is 1.84. The summed E-state index contributed by atoms with van der Waals surface area (Å²) in [5.74, 6) is 0.811.